The Morgan fingerprint density at radius 2 is 1.70 bits per heavy atom. The summed E-state index contributed by atoms with van der Waals surface area (Å²) in [6.45, 7) is 5.71. The third-order valence-corrected chi connectivity index (χ3v) is 6.41. The summed E-state index contributed by atoms with van der Waals surface area (Å²) >= 11 is 0. The minimum atomic E-state index is -0.323. The van der Waals surface area contributed by atoms with Crippen LogP contribution in [0.5, 0.6) is 17.2 Å². The Balaban J connectivity index is 1.53. The lowest BCUT2D eigenvalue weighted by atomic mass is 10.1. The van der Waals surface area contributed by atoms with Gasteiger partial charge in [-0.15, -0.1) is 0 Å². The molecule has 3 aromatic carbocycles. The van der Waals surface area contributed by atoms with E-state index in [0.29, 0.717) is 48.5 Å². The van der Waals surface area contributed by atoms with Gasteiger partial charge in [0.15, 0.2) is 0 Å². The first kappa shape index (κ1) is 24.2. The van der Waals surface area contributed by atoms with Crippen LogP contribution in [0.15, 0.2) is 66.7 Å². The van der Waals surface area contributed by atoms with Gasteiger partial charge in [0.05, 0.1) is 18.5 Å². The molecule has 37 heavy (non-hydrogen) atoms. The van der Waals surface area contributed by atoms with E-state index in [-0.39, 0.29) is 23.0 Å². The summed E-state index contributed by atoms with van der Waals surface area (Å²) in [7, 11) is 1.62. The van der Waals surface area contributed by atoms with Crippen LogP contribution in [0, 0.1) is 5.92 Å². The average molecular weight is 499 g/mol. The molecule has 0 atom stereocenters. The van der Waals surface area contributed by atoms with Gasteiger partial charge in [-0.3, -0.25) is 4.79 Å². The number of nitrogens with one attached hydrogen (secondary N) is 1. The van der Waals surface area contributed by atoms with Crippen LogP contribution >= 0.6 is 0 Å². The zero-order chi connectivity index (χ0) is 26.1. The Morgan fingerprint density at radius 1 is 1.03 bits per heavy atom. The molecule has 1 amide bonds. The van der Waals surface area contributed by atoms with Gasteiger partial charge in [0.2, 0.25) is 0 Å². The number of carbonyl (C=O) groups is 1. The number of hydrogen-bond donors (Lipinski definition) is 3. The smallest absolute Gasteiger partial charge is 0.260 e. The fourth-order valence-electron chi connectivity index (χ4n) is 4.70. The minimum absolute atomic E-state index is 0.0988. The fraction of sp³-hybridized carbons (Fsp3) is 0.241. The normalized spacial score (nSPS) is 12.6. The van der Waals surface area contributed by atoms with Crippen LogP contribution in [0.3, 0.4) is 0 Å². The maximum atomic E-state index is 13.6. The molecule has 0 fully saturated rings. The third-order valence-electron chi connectivity index (χ3n) is 6.41. The number of rotatable bonds is 7. The molecular weight excluding hydrogens is 468 g/mol. The van der Waals surface area contributed by atoms with Crippen molar-refractivity contribution in [1.29, 1.82) is 0 Å². The number of ether oxygens (including phenoxy) is 1. The van der Waals surface area contributed by atoms with Gasteiger partial charge in [-0.2, -0.15) is 5.10 Å². The number of para-hydroxylation sites is 1. The first-order valence-electron chi connectivity index (χ1n) is 12.2. The molecular formula is C29H30N4O4. The highest BCUT2D eigenvalue weighted by molar-refractivity contribution is 6.03. The summed E-state index contributed by atoms with van der Waals surface area (Å²) in [6, 6.07) is 20.1. The van der Waals surface area contributed by atoms with E-state index in [0.717, 1.165) is 16.7 Å². The second-order valence-electron chi connectivity index (χ2n) is 9.63. The number of phenols is 2. The van der Waals surface area contributed by atoms with E-state index in [2.05, 4.69) is 19.2 Å². The highest BCUT2D eigenvalue weighted by atomic mass is 16.5. The second kappa shape index (κ2) is 9.89. The number of aromatic nitrogens is 2. The lowest BCUT2D eigenvalue weighted by Gasteiger charge is -2.20. The summed E-state index contributed by atoms with van der Waals surface area (Å²) in [5.41, 5.74) is 4.10. The molecule has 0 saturated heterocycles. The quantitative estimate of drug-likeness (QED) is 0.310. The van der Waals surface area contributed by atoms with Crippen molar-refractivity contribution >= 4 is 17.4 Å². The maximum absolute atomic E-state index is 13.6. The van der Waals surface area contributed by atoms with E-state index in [1.165, 1.54) is 12.1 Å². The molecule has 1 aliphatic heterocycles. The van der Waals surface area contributed by atoms with Crippen molar-refractivity contribution in [3.8, 4) is 28.5 Å². The van der Waals surface area contributed by atoms with Crippen LogP contribution in [-0.2, 0) is 19.6 Å². The summed E-state index contributed by atoms with van der Waals surface area (Å²) in [5, 5.41) is 29.1. The Labute approximate surface area is 215 Å². The molecule has 0 radical (unpaired) electrons. The molecule has 0 saturated carbocycles. The van der Waals surface area contributed by atoms with Crippen LogP contribution < -0.4 is 10.1 Å². The van der Waals surface area contributed by atoms with Crippen LogP contribution in [0.1, 0.15) is 35.3 Å². The van der Waals surface area contributed by atoms with Gasteiger partial charge in [0.1, 0.15) is 28.6 Å². The number of benzene rings is 3. The molecule has 3 N–H and O–H groups in total. The summed E-state index contributed by atoms with van der Waals surface area (Å²) in [5.74, 6) is 0.856. The molecule has 8 nitrogen and oxygen atoms in total. The van der Waals surface area contributed by atoms with E-state index in [1.54, 1.807) is 12.0 Å². The molecule has 1 aliphatic rings. The number of phenolic OH excluding ortho intramolecular Hbond substituents is 2. The number of carbonyl (C=O) groups excluding carboxylic acids is 1. The zero-order valence-corrected chi connectivity index (χ0v) is 21.1. The molecule has 190 valence electrons. The van der Waals surface area contributed by atoms with Crippen molar-refractivity contribution in [1.82, 2.24) is 14.7 Å². The maximum Gasteiger partial charge on any atom is 0.260 e. The third kappa shape index (κ3) is 4.82. The highest BCUT2D eigenvalue weighted by Crippen LogP contribution is 2.37. The van der Waals surface area contributed by atoms with Gasteiger partial charge < -0.3 is 25.2 Å². The number of anilines is 2. The number of aromatic hydroxyl groups is 2. The van der Waals surface area contributed by atoms with Crippen molar-refractivity contribution < 1.29 is 19.7 Å². The molecule has 0 bridgehead atoms. The van der Waals surface area contributed by atoms with Crippen molar-refractivity contribution in [2.75, 3.05) is 12.4 Å². The zero-order valence-electron chi connectivity index (χ0n) is 21.1. The molecule has 0 aliphatic carbocycles. The van der Waals surface area contributed by atoms with E-state index < -0.39 is 0 Å². The van der Waals surface area contributed by atoms with Gasteiger partial charge in [-0.25, -0.2) is 4.68 Å². The predicted molar refractivity (Wildman–Crippen MR) is 142 cm³/mol. The standard InChI is InChI=1S/C29H30N4O4/c1-18(2)15-33-27(14-23(31-33)22-10-6-7-11-26(22)37-3)30-24-12-21(34)13-25(35)28(24)29(36)32-16-19-8-4-5-9-20(19)17-32/h4-14,18,30,34-35H,15-17H2,1-3H3. The molecule has 0 spiro atoms. The monoisotopic (exact) mass is 498 g/mol. The van der Waals surface area contributed by atoms with E-state index in [9.17, 15) is 15.0 Å². The molecule has 8 heteroatoms. The number of nitrogens with zero attached hydrogens (tertiary/aromatic N) is 3. The number of methoxy groups -OCH3 is 1. The lowest BCUT2D eigenvalue weighted by molar-refractivity contribution is 0.0749. The average Bonchev–Trinajstić information content (AvgIpc) is 3.47. The first-order chi connectivity index (χ1) is 17.8. The predicted octanol–water partition coefficient (Wildman–Crippen LogP) is 5.53. The summed E-state index contributed by atoms with van der Waals surface area (Å²) in [6.07, 6.45) is 0. The molecule has 2 heterocycles. The summed E-state index contributed by atoms with van der Waals surface area (Å²) in [4.78, 5) is 15.3. The van der Waals surface area contributed by atoms with Gasteiger partial charge in [-0.05, 0) is 29.2 Å². The van der Waals surface area contributed by atoms with Gasteiger partial charge >= 0.3 is 0 Å². The Hall–Kier alpha value is -4.46. The molecule has 1 aromatic heterocycles. The fourth-order valence-corrected chi connectivity index (χ4v) is 4.70. The Bertz CT molecular complexity index is 1440. The van der Waals surface area contributed by atoms with Crippen molar-refractivity contribution in [2.45, 2.75) is 33.5 Å². The van der Waals surface area contributed by atoms with Crippen molar-refractivity contribution in [3.63, 3.8) is 0 Å². The Morgan fingerprint density at radius 3 is 2.38 bits per heavy atom. The second-order valence-corrected chi connectivity index (χ2v) is 9.63. The van der Waals surface area contributed by atoms with Crippen molar-refractivity contribution in [3.05, 3.63) is 83.4 Å². The van der Waals surface area contributed by atoms with Crippen LogP contribution in [0.25, 0.3) is 11.3 Å². The highest BCUT2D eigenvalue weighted by Gasteiger charge is 2.29. The Kier molecular flexibility index (Phi) is 6.48. The molecule has 4 aromatic rings. The van der Waals surface area contributed by atoms with E-state index in [1.807, 2.05) is 59.3 Å². The van der Waals surface area contributed by atoms with Crippen molar-refractivity contribution in [2.24, 2.45) is 5.92 Å². The number of amides is 1. The van der Waals surface area contributed by atoms with E-state index in [4.69, 9.17) is 9.84 Å². The van der Waals surface area contributed by atoms with Crippen LogP contribution in [0.4, 0.5) is 11.5 Å². The SMILES string of the molecule is COc1ccccc1-c1cc(Nc2cc(O)cc(O)c2C(=O)N2Cc3ccccc3C2)n(CC(C)C)n1. The van der Waals surface area contributed by atoms with Crippen LogP contribution in [-0.4, -0.2) is 37.9 Å². The van der Waals surface area contributed by atoms with Gasteiger partial charge in [-0.1, -0.05) is 50.2 Å². The molecule has 5 rings (SSSR count). The van der Waals surface area contributed by atoms with Gasteiger partial charge in [0, 0.05) is 43.4 Å². The number of fused-ring (bicyclic) bond motifs is 1. The molecule has 0 unspecified atom stereocenters. The van der Waals surface area contributed by atoms with E-state index >= 15 is 0 Å². The first-order valence-corrected chi connectivity index (χ1v) is 12.2. The minimum Gasteiger partial charge on any atom is -0.508 e. The number of hydrogen-bond acceptors (Lipinski definition) is 6. The van der Waals surface area contributed by atoms with Crippen LogP contribution in [0.2, 0.25) is 0 Å². The lowest BCUT2D eigenvalue weighted by Crippen LogP contribution is -2.26. The topological polar surface area (TPSA) is 99.8 Å². The van der Waals surface area contributed by atoms with Gasteiger partial charge in [0.25, 0.3) is 5.91 Å². The largest absolute Gasteiger partial charge is 0.508 e. The summed E-state index contributed by atoms with van der Waals surface area (Å²) < 4.78 is 7.35.